The van der Waals surface area contributed by atoms with Crippen LogP contribution in [-0.2, 0) is 11.8 Å². The molecule has 2 heterocycles. The third-order valence-corrected chi connectivity index (χ3v) is 3.47. The van der Waals surface area contributed by atoms with Crippen LogP contribution in [0.5, 0.6) is 5.88 Å². The minimum Gasteiger partial charge on any atom is -0.474 e. The molecule has 1 aliphatic heterocycles. The summed E-state index contributed by atoms with van der Waals surface area (Å²) in [7, 11) is 1.78. The molecule has 1 aromatic rings. The van der Waals surface area contributed by atoms with E-state index in [2.05, 4.69) is 10.3 Å². The van der Waals surface area contributed by atoms with Gasteiger partial charge in [-0.1, -0.05) is 5.16 Å². The minimum atomic E-state index is 0.0127. The number of rotatable bonds is 3. The van der Waals surface area contributed by atoms with Crippen LogP contribution in [0.4, 0.5) is 0 Å². The van der Waals surface area contributed by atoms with E-state index in [4.69, 9.17) is 20.4 Å². The summed E-state index contributed by atoms with van der Waals surface area (Å²) in [6.07, 6.45) is 1.97. The average Bonchev–Trinajstić information content (AvgIpc) is 2.62. The van der Waals surface area contributed by atoms with Gasteiger partial charge in [0.25, 0.3) is 0 Å². The largest absolute Gasteiger partial charge is 0.474 e. The summed E-state index contributed by atoms with van der Waals surface area (Å²) < 4.78 is 13.4. The molecule has 1 fully saturated rings. The smallest absolute Gasteiger partial charge is 0.223 e. The van der Waals surface area contributed by atoms with Crippen LogP contribution in [0.1, 0.15) is 37.9 Å². The molecule has 2 unspecified atom stereocenters. The predicted octanol–water partition coefficient (Wildman–Crippen LogP) is 1.16. The second-order valence-corrected chi connectivity index (χ2v) is 5.34. The lowest BCUT2D eigenvalue weighted by Crippen LogP contribution is -2.36. The second-order valence-electron chi connectivity index (χ2n) is 5.34. The molecule has 0 amide bonds. The van der Waals surface area contributed by atoms with E-state index in [0.29, 0.717) is 17.1 Å². The van der Waals surface area contributed by atoms with Crippen molar-refractivity contribution in [2.45, 2.75) is 51.9 Å². The van der Waals surface area contributed by atoms with E-state index in [1.807, 2.05) is 13.8 Å². The minimum absolute atomic E-state index is 0.0127. The molecule has 0 aliphatic carbocycles. The van der Waals surface area contributed by atoms with Gasteiger partial charge in [-0.05, 0) is 20.8 Å². The molecule has 0 radical (unpaired) electrons. The van der Waals surface area contributed by atoms with Gasteiger partial charge in [0, 0.05) is 19.9 Å². The number of aryl methyl sites for hydroxylation is 2. The number of oxime groups is 1. The highest BCUT2D eigenvalue weighted by atomic mass is 16.5. The summed E-state index contributed by atoms with van der Waals surface area (Å²) in [5.74, 6) is 0.544. The molecule has 1 saturated heterocycles. The first-order valence-electron chi connectivity index (χ1n) is 6.76. The lowest BCUT2D eigenvalue weighted by Gasteiger charge is -2.32. The van der Waals surface area contributed by atoms with Crippen LogP contribution in [-0.4, -0.2) is 39.1 Å². The quantitative estimate of drug-likeness (QED) is 0.375. The van der Waals surface area contributed by atoms with Gasteiger partial charge in [-0.3, -0.25) is 0 Å². The highest BCUT2D eigenvalue weighted by Crippen LogP contribution is 2.27. The van der Waals surface area contributed by atoms with Crippen molar-refractivity contribution in [3.63, 3.8) is 0 Å². The van der Waals surface area contributed by atoms with Crippen molar-refractivity contribution in [3.05, 3.63) is 11.3 Å². The lowest BCUT2D eigenvalue weighted by atomic mass is 10.0. The molecular formula is C13H22N4O3. The first-order chi connectivity index (χ1) is 9.42. The fourth-order valence-electron chi connectivity index (χ4n) is 2.72. The number of amidine groups is 1. The summed E-state index contributed by atoms with van der Waals surface area (Å²) >= 11 is 0. The van der Waals surface area contributed by atoms with Crippen molar-refractivity contribution in [3.8, 4) is 5.88 Å². The Morgan fingerprint density at radius 3 is 2.60 bits per heavy atom. The fraction of sp³-hybridized carbons (Fsp3) is 0.692. The van der Waals surface area contributed by atoms with Gasteiger partial charge >= 0.3 is 0 Å². The van der Waals surface area contributed by atoms with Crippen molar-refractivity contribution < 1.29 is 14.7 Å². The van der Waals surface area contributed by atoms with E-state index in [0.717, 1.165) is 12.8 Å². The van der Waals surface area contributed by atoms with Gasteiger partial charge in [-0.15, -0.1) is 0 Å². The first-order valence-corrected chi connectivity index (χ1v) is 6.76. The Kier molecular flexibility index (Phi) is 4.17. The Morgan fingerprint density at radius 2 is 2.05 bits per heavy atom. The van der Waals surface area contributed by atoms with Crippen LogP contribution in [0.2, 0.25) is 0 Å². The normalized spacial score (nSPS) is 27.6. The van der Waals surface area contributed by atoms with Gasteiger partial charge in [0.05, 0.1) is 17.9 Å². The van der Waals surface area contributed by atoms with Gasteiger partial charge < -0.3 is 20.4 Å². The van der Waals surface area contributed by atoms with E-state index < -0.39 is 0 Å². The summed E-state index contributed by atoms with van der Waals surface area (Å²) in [5, 5.41) is 16.2. The standard InChI is InChI=1S/C13H22N4O3/c1-7-5-10(6-8(2)19-7)20-13-11(12(14)16-18)9(3)15-17(13)4/h7-8,10,18H,5-6H2,1-4H3,(H2,14,16). The number of hydrogen-bond donors (Lipinski definition) is 2. The zero-order chi connectivity index (χ0) is 14.9. The fourth-order valence-corrected chi connectivity index (χ4v) is 2.72. The molecule has 7 nitrogen and oxygen atoms in total. The van der Waals surface area contributed by atoms with E-state index in [-0.39, 0.29) is 24.1 Å². The molecule has 0 aromatic carbocycles. The molecule has 1 aromatic heterocycles. The number of aromatic nitrogens is 2. The van der Waals surface area contributed by atoms with E-state index in [9.17, 15) is 0 Å². The predicted molar refractivity (Wildman–Crippen MR) is 74.1 cm³/mol. The van der Waals surface area contributed by atoms with E-state index >= 15 is 0 Å². The monoisotopic (exact) mass is 282 g/mol. The molecular weight excluding hydrogens is 260 g/mol. The van der Waals surface area contributed by atoms with Crippen LogP contribution in [0.3, 0.4) is 0 Å². The highest BCUT2D eigenvalue weighted by molar-refractivity contribution is 6.00. The summed E-state index contributed by atoms with van der Waals surface area (Å²) in [6, 6.07) is 0. The van der Waals surface area contributed by atoms with Gasteiger partial charge in [-0.2, -0.15) is 5.10 Å². The summed E-state index contributed by atoms with van der Waals surface area (Å²) in [5.41, 5.74) is 6.93. The van der Waals surface area contributed by atoms with Crippen LogP contribution in [0, 0.1) is 6.92 Å². The van der Waals surface area contributed by atoms with Gasteiger partial charge in [-0.25, -0.2) is 4.68 Å². The van der Waals surface area contributed by atoms with Crippen LogP contribution >= 0.6 is 0 Å². The van der Waals surface area contributed by atoms with Crippen LogP contribution < -0.4 is 10.5 Å². The maximum Gasteiger partial charge on any atom is 0.223 e. The molecule has 0 bridgehead atoms. The van der Waals surface area contributed by atoms with Gasteiger partial charge in [0.2, 0.25) is 5.88 Å². The topological polar surface area (TPSA) is 94.9 Å². The first kappa shape index (κ1) is 14.6. The molecule has 0 saturated carbocycles. The zero-order valence-electron chi connectivity index (χ0n) is 12.3. The maximum absolute atomic E-state index is 8.89. The Balaban J connectivity index is 2.25. The van der Waals surface area contributed by atoms with Crippen molar-refractivity contribution in [1.82, 2.24) is 9.78 Å². The molecule has 7 heteroatoms. The Hall–Kier alpha value is -1.76. The molecule has 1 aliphatic rings. The number of hydrogen-bond acceptors (Lipinski definition) is 5. The Labute approximate surface area is 118 Å². The van der Waals surface area contributed by atoms with Crippen LogP contribution in [0.25, 0.3) is 0 Å². The molecule has 2 rings (SSSR count). The Morgan fingerprint density at radius 1 is 1.45 bits per heavy atom. The van der Waals surface area contributed by atoms with Gasteiger partial charge in [0.15, 0.2) is 5.84 Å². The molecule has 0 spiro atoms. The SMILES string of the molecule is Cc1nn(C)c(OC2CC(C)OC(C)C2)c1C(N)=NO. The van der Waals surface area contributed by atoms with Crippen LogP contribution in [0.15, 0.2) is 5.16 Å². The number of nitrogens with zero attached hydrogens (tertiary/aromatic N) is 3. The molecule has 112 valence electrons. The third kappa shape index (κ3) is 2.87. The zero-order valence-corrected chi connectivity index (χ0v) is 12.3. The molecule has 20 heavy (non-hydrogen) atoms. The van der Waals surface area contributed by atoms with E-state index in [1.54, 1.807) is 18.7 Å². The summed E-state index contributed by atoms with van der Waals surface area (Å²) in [6.45, 7) is 5.87. The maximum atomic E-state index is 8.89. The molecule has 2 atom stereocenters. The van der Waals surface area contributed by atoms with Crippen molar-refractivity contribution in [2.75, 3.05) is 0 Å². The highest BCUT2D eigenvalue weighted by Gasteiger charge is 2.28. The van der Waals surface area contributed by atoms with E-state index in [1.165, 1.54) is 0 Å². The number of nitrogens with two attached hydrogens (primary N) is 1. The second kappa shape index (κ2) is 5.70. The Bertz CT molecular complexity index is 502. The molecule has 3 N–H and O–H groups in total. The van der Waals surface area contributed by atoms with Crippen molar-refractivity contribution in [2.24, 2.45) is 17.9 Å². The third-order valence-electron chi connectivity index (χ3n) is 3.47. The van der Waals surface area contributed by atoms with Crippen molar-refractivity contribution in [1.29, 1.82) is 0 Å². The average molecular weight is 282 g/mol. The lowest BCUT2D eigenvalue weighted by molar-refractivity contribution is -0.0736. The number of ether oxygens (including phenoxy) is 2. The van der Waals surface area contributed by atoms with Crippen molar-refractivity contribution >= 4 is 5.84 Å². The summed E-state index contributed by atoms with van der Waals surface area (Å²) in [4.78, 5) is 0. The van der Waals surface area contributed by atoms with Gasteiger partial charge in [0.1, 0.15) is 11.7 Å².